The first-order valence-corrected chi connectivity index (χ1v) is 9.99. The fraction of sp³-hybridized carbons (Fsp3) is 0.115. The van der Waals surface area contributed by atoms with Crippen molar-refractivity contribution in [1.82, 2.24) is 5.43 Å². The summed E-state index contributed by atoms with van der Waals surface area (Å²) in [5.41, 5.74) is 8.27. The molecule has 0 aliphatic rings. The van der Waals surface area contributed by atoms with Crippen molar-refractivity contribution in [2.24, 2.45) is 5.10 Å². The first-order chi connectivity index (χ1) is 14.9. The van der Waals surface area contributed by atoms with E-state index in [0.29, 0.717) is 17.0 Å². The standard InChI is InChI=1S/C26H25N3O2/c1-18-11-13-21(14-12-18)15-16-25(30)27-23-9-6-8-22(17-23)20(3)28-29-26(31)24-10-5-4-7-19(24)2/h4-17H,1-3H3,(H,27,30)(H,29,31)/b16-15+,28-20+. The van der Waals surface area contributed by atoms with Crippen molar-refractivity contribution in [1.29, 1.82) is 0 Å². The fourth-order valence-corrected chi connectivity index (χ4v) is 2.94. The van der Waals surface area contributed by atoms with E-state index < -0.39 is 0 Å². The minimum absolute atomic E-state index is 0.222. The van der Waals surface area contributed by atoms with Gasteiger partial charge in [0.15, 0.2) is 0 Å². The maximum Gasteiger partial charge on any atom is 0.271 e. The first-order valence-electron chi connectivity index (χ1n) is 9.99. The molecule has 2 amide bonds. The Morgan fingerprint density at radius 1 is 0.903 bits per heavy atom. The molecular formula is C26H25N3O2. The molecule has 5 heteroatoms. The number of nitrogens with zero attached hydrogens (tertiary/aromatic N) is 1. The Hall–Kier alpha value is -3.99. The van der Waals surface area contributed by atoms with E-state index in [0.717, 1.165) is 16.7 Å². The van der Waals surface area contributed by atoms with E-state index in [9.17, 15) is 9.59 Å². The summed E-state index contributed by atoms with van der Waals surface area (Å²) in [4.78, 5) is 24.6. The molecule has 0 radical (unpaired) electrons. The third-order valence-electron chi connectivity index (χ3n) is 4.77. The van der Waals surface area contributed by atoms with Gasteiger partial charge in [0.1, 0.15) is 0 Å². The average Bonchev–Trinajstić information content (AvgIpc) is 2.77. The highest BCUT2D eigenvalue weighted by atomic mass is 16.2. The second-order valence-electron chi connectivity index (χ2n) is 7.27. The Morgan fingerprint density at radius 3 is 2.39 bits per heavy atom. The van der Waals surface area contributed by atoms with Crippen LogP contribution in [0.3, 0.4) is 0 Å². The van der Waals surface area contributed by atoms with Gasteiger partial charge in [-0.05, 0) is 61.7 Å². The molecule has 5 nitrogen and oxygen atoms in total. The van der Waals surface area contributed by atoms with Crippen molar-refractivity contribution in [3.63, 3.8) is 0 Å². The molecule has 0 saturated carbocycles. The molecule has 3 rings (SSSR count). The van der Waals surface area contributed by atoms with Crippen LogP contribution in [0.4, 0.5) is 5.69 Å². The molecule has 3 aromatic carbocycles. The lowest BCUT2D eigenvalue weighted by molar-refractivity contribution is -0.111. The van der Waals surface area contributed by atoms with E-state index in [-0.39, 0.29) is 11.8 Å². The third kappa shape index (κ3) is 6.24. The lowest BCUT2D eigenvalue weighted by Gasteiger charge is -2.07. The van der Waals surface area contributed by atoms with Crippen LogP contribution in [0, 0.1) is 13.8 Å². The second-order valence-corrected chi connectivity index (χ2v) is 7.27. The van der Waals surface area contributed by atoms with Gasteiger partial charge in [-0.1, -0.05) is 60.2 Å². The number of benzene rings is 3. The number of hydrogen-bond donors (Lipinski definition) is 2. The molecule has 0 saturated heterocycles. The van der Waals surface area contributed by atoms with Gasteiger partial charge in [-0.3, -0.25) is 9.59 Å². The largest absolute Gasteiger partial charge is 0.322 e. The maximum absolute atomic E-state index is 12.3. The first kappa shape index (κ1) is 21.7. The van der Waals surface area contributed by atoms with Crippen molar-refractivity contribution < 1.29 is 9.59 Å². The molecule has 0 aliphatic carbocycles. The van der Waals surface area contributed by atoms with Gasteiger partial charge in [0.05, 0.1) is 5.71 Å². The third-order valence-corrected chi connectivity index (χ3v) is 4.77. The van der Waals surface area contributed by atoms with Gasteiger partial charge in [0.25, 0.3) is 5.91 Å². The van der Waals surface area contributed by atoms with Crippen LogP contribution in [0.2, 0.25) is 0 Å². The summed E-state index contributed by atoms with van der Waals surface area (Å²) < 4.78 is 0. The summed E-state index contributed by atoms with van der Waals surface area (Å²) in [6.07, 6.45) is 3.27. The number of aryl methyl sites for hydroxylation is 2. The molecule has 3 aromatic rings. The molecule has 0 aromatic heterocycles. The highest BCUT2D eigenvalue weighted by molar-refractivity contribution is 6.04. The van der Waals surface area contributed by atoms with Gasteiger partial charge in [0.2, 0.25) is 5.91 Å². The van der Waals surface area contributed by atoms with Crippen LogP contribution >= 0.6 is 0 Å². The molecule has 0 bridgehead atoms. The van der Waals surface area contributed by atoms with Crippen molar-refractivity contribution in [2.45, 2.75) is 20.8 Å². The summed E-state index contributed by atoms with van der Waals surface area (Å²) in [5, 5.41) is 7.05. The lowest BCUT2D eigenvalue weighted by Crippen LogP contribution is -2.20. The maximum atomic E-state index is 12.3. The van der Waals surface area contributed by atoms with E-state index >= 15 is 0 Å². The van der Waals surface area contributed by atoms with Crippen molar-refractivity contribution in [3.8, 4) is 0 Å². The van der Waals surface area contributed by atoms with Gasteiger partial charge in [-0.15, -0.1) is 0 Å². The van der Waals surface area contributed by atoms with Gasteiger partial charge < -0.3 is 5.32 Å². The summed E-state index contributed by atoms with van der Waals surface area (Å²) in [6, 6.07) is 22.6. The van der Waals surface area contributed by atoms with Crippen LogP contribution in [0.25, 0.3) is 6.08 Å². The SMILES string of the molecule is C/C(=N\NC(=O)c1ccccc1C)c1cccc(NC(=O)/C=C/c2ccc(C)cc2)c1. The Morgan fingerprint density at radius 2 is 1.65 bits per heavy atom. The zero-order valence-electron chi connectivity index (χ0n) is 17.8. The molecule has 0 fully saturated rings. The number of rotatable bonds is 6. The van der Waals surface area contributed by atoms with Crippen LogP contribution in [0.15, 0.2) is 84.0 Å². The molecule has 0 unspecified atom stereocenters. The van der Waals surface area contributed by atoms with E-state index in [2.05, 4.69) is 15.8 Å². The molecule has 0 atom stereocenters. The number of hydrogen-bond acceptors (Lipinski definition) is 3. The highest BCUT2D eigenvalue weighted by Gasteiger charge is 2.08. The molecule has 0 heterocycles. The molecule has 156 valence electrons. The highest BCUT2D eigenvalue weighted by Crippen LogP contribution is 2.13. The molecular weight excluding hydrogens is 386 g/mol. The predicted octanol–water partition coefficient (Wildman–Crippen LogP) is 5.11. The van der Waals surface area contributed by atoms with Crippen molar-refractivity contribution >= 4 is 29.3 Å². The summed E-state index contributed by atoms with van der Waals surface area (Å²) >= 11 is 0. The van der Waals surface area contributed by atoms with Crippen LogP contribution in [-0.2, 0) is 4.79 Å². The van der Waals surface area contributed by atoms with Crippen LogP contribution in [-0.4, -0.2) is 17.5 Å². The lowest BCUT2D eigenvalue weighted by atomic mass is 10.1. The molecule has 31 heavy (non-hydrogen) atoms. The minimum Gasteiger partial charge on any atom is -0.322 e. The van der Waals surface area contributed by atoms with Crippen LogP contribution in [0.1, 0.15) is 39.5 Å². The number of amides is 2. The molecule has 0 spiro atoms. The summed E-state index contributed by atoms with van der Waals surface area (Å²) in [5.74, 6) is -0.483. The number of carbonyl (C=O) groups is 2. The second kappa shape index (κ2) is 10.2. The molecule has 0 aliphatic heterocycles. The van der Waals surface area contributed by atoms with E-state index in [1.54, 1.807) is 25.1 Å². The average molecular weight is 412 g/mol. The van der Waals surface area contributed by atoms with Gasteiger partial charge in [-0.2, -0.15) is 5.10 Å². The number of carbonyl (C=O) groups excluding carboxylic acids is 2. The summed E-state index contributed by atoms with van der Waals surface area (Å²) in [6.45, 7) is 5.70. The Labute approximate surface area is 182 Å². The van der Waals surface area contributed by atoms with Crippen LogP contribution in [0.5, 0.6) is 0 Å². The smallest absolute Gasteiger partial charge is 0.271 e. The van der Waals surface area contributed by atoms with E-state index in [1.165, 1.54) is 11.6 Å². The predicted molar refractivity (Wildman–Crippen MR) is 126 cm³/mol. The van der Waals surface area contributed by atoms with E-state index in [4.69, 9.17) is 0 Å². The molecule has 2 N–H and O–H groups in total. The van der Waals surface area contributed by atoms with Crippen molar-refractivity contribution in [3.05, 3.63) is 107 Å². The van der Waals surface area contributed by atoms with Crippen LogP contribution < -0.4 is 10.7 Å². The monoisotopic (exact) mass is 411 g/mol. The fourth-order valence-electron chi connectivity index (χ4n) is 2.94. The van der Waals surface area contributed by atoms with Gasteiger partial charge in [-0.25, -0.2) is 5.43 Å². The number of nitrogens with one attached hydrogen (secondary N) is 2. The topological polar surface area (TPSA) is 70.6 Å². The van der Waals surface area contributed by atoms with Gasteiger partial charge in [0, 0.05) is 17.3 Å². The minimum atomic E-state index is -0.261. The van der Waals surface area contributed by atoms with Crippen molar-refractivity contribution in [2.75, 3.05) is 5.32 Å². The quantitative estimate of drug-likeness (QED) is 0.336. The zero-order valence-corrected chi connectivity index (χ0v) is 17.8. The van der Waals surface area contributed by atoms with E-state index in [1.807, 2.05) is 74.5 Å². The normalized spacial score (nSPS) is 11.4. The Balaban J connectivity index is 1.64. The Kier molecular flexibility index (Phi) is 7.12. The number of hydrazone groups is 1. The zero-order chi connectivity index (χ0) is 22.2. The number of anilines is 1. The van der Waals surface area contributed by atoms with Gasteiger partial charge >= 0.3 is 0 Å². The summed E-state index contributed by atoms with van der Waals surface area (Å²) in [7, 11) is 0. The Bertz CT molecular complexity index is 1150.